The fourth-order valence-corrected chi connectivity index (χ4v) is 3.40. The topological polar surface area (TPSA) is 56.6 Å². The van der Waals surface area contributed by atoms with Crippen molar-refractivity contribution in [1.82, 2.24) is 14.7 Å². The number of hydrogen-bond acceptors (Lipinski definition) is 4. The highest BCUT2D eigenvalue weighted by Gasteiger charge is 2.30. The van der Waals surface area contributed by atoms with E-state index in [4.69, 9.17) is 21.1 Å². The van der Waals surface area contributed by atoms with E-state index in [0.29, 0.717) is 30.3 Å². The van der Waals surface area contributed by atoms with E-state index in [1.165, 1.54) is 0 Å². The van der Waals surface area contributed by atoms with Crippen LogP contribution in [0.2, 0.25) is 5.02 Å². The van der Waals surface area contributed by atoms with Gasteiger partial charge in [-0.2, -0.15) is 5.10 Å². The maximum atomic E-state index is 12.5. The zero-order chi connectivity index (χ0) is 19.1. The zero-order valence-corrected chi connectivity index (χ0v) is 16.6. The normalized spacial score (nSPS) is 14.2. The number of nitrogens with zero attached hydrogens (tertiary/aromatic N) is 3. The summed E-state index contributed by atoms with van der Waals surface area (Å²) in [6.45, 7) is 6.65. The fraction of sp³-hybridized carbons (Fsp3) is 0.474. The summed E-state index contributed by atoms with van der Waals surface area (Å²) in [5.74, 6) is 0.699. The second-order valence-corrected chi connectivity index (χ2v) is 7.80. The lowest BCUT2D eigenvalue weighted by Gasteiger charge is -2.30. The summed E-state index contributed by atoms with van der Waals surface area (Å²) < 4.78 is 12.6. The van der Waals surface area contributed by atoms with E-state index < -0.39 is 5.60 Å². The molecular formula is C19H24ClN3O3. The molecule has 1 amide bonds. The number of carbonyl (C=O) groups is 1. The number of halogens is 1. The van der Waals surface area contributed by atoms with Gasteiger partial charge in [0.15, 0.2) is 0 Å². The number of amides is 1. The molecule has 2 heterocycles. The van der Waals surface area contributed by atoms with Gasteiger partial charge < -0.3 is 14.4 Å². The molecule has 1 aromatic carbocycles. The number of ether oxygens (including phenoxy) is 2. The lowest BCUT2D eigenvalue weighted by Crippen LogP contribution is -2.39. The molecule has 7 heteroatoms. The largest absolute Gasteiger partial charge is 0.497 e. The maximum Gasteiger partial charge on any atom is 0.410 e. The smallest absolute Gasteiger partial charge is 0.410 e. The Labute approximate surface area is 158 Å². The molecule has 1 aliphatic rings. The Morgan fingerprint density at radius 3 is 2.65 bits per heavy atom. The minimum atomic E-state index is -0.519. The van der Waals surface area contributed by atoms with Crippen LogP contribution in [0.1, 0.15) is 32.0 Å². The van der Waals surface area contributed by atoms with Gasteiger partial charge in [-0.1, -0.05) is 11.6 Å². The van der Waals surface area contributed by atoms with Crippen LogP contribution in [0.3, 0.4) is 0 Å². The van der Waals surface area contributed by atoms with E-state index in [9.17, 15) is 4.79 Å². The third-order valence-electron chi connectivity index (χ3n) is 4.28. The average Bonchev–Trinajstić information content (AvgIpc) is 2.88. The third-order valence-corrected chi connectivity index (χ3v) is 4.59. The van der Waals surface area contributed by atoms with Crippen molar-refractivity contribution < 1.29 is 14.3 Å². The Bertz CT molecular complexity index is 839. The first-order valence-corrected chi connectivity index (χ1v) is 8.94. The summed E-state index contributed by atoms with van der Waals surface area (Å²) in [7, 11) is 3.50. The van der Waals surface area contributed by atoms with E-state index in [2.05, 4.69) is 5.10 Å². The van der Waals surface area contributed by atoms with Crippen molar-refractivity contribution in [1.29, 1.82) is 0 Å². The molecule has 26 heavy (non-hydrogen) atoms. The molecule has 0 saturated carbocycles. The SMILES string of the molecule is COc1ccc(-c2c3c(nn2C)CCN(C(=O)OC(C)(C)C)C3)c(Cl)c1. The van der Waals surface area contributed by atoms with Crippen LogP contribution in [0.5, 0.6) is 5.75 Å². The van der Waals surface area contributed by atoms with Crippen LogP contribution in [-0.2, 0) is 24.8 Å². The zero-order valence-electron chi connectivity index (χ0n) is 15.8. The van der Waals surface area contributed by atoms with Crippen LogP contribution >= 0.6 is 11.6 Å². The van der Waals surface area contributed by atoms with E-state index in [1.54, 1.807) is 18.1 Å². The molecule has 0 fully saturated rings. The molecular weight excluding hydrogens is 354 g/mol. The van der Waals surface area contributed by atoms with Crippen LogP contribution in [0.25, 0.3) is 11.3 Å². The van der Waals surface area contributed by atoms with Gasteiger partial charge in [-0.3, -0.25) is 4.68 Å². The van der Waals surface area contributed by atoms with Gasteiger partial charge in [-0.25, -0.2) is 4.79 Å². The van der Waals surface area contributed by atoms with Crippen LogP contribution < -0.4 is 4.74 Å². The Kier molecular flexibility index (Phi) is 4.88. The van der Waals surface area contributed by atoms with Crippen LogP contribution in [0.15, 0.2) is 18.2 Å². The number of aromatic nitrogens is 2. The van der Waals surface area contributed by atoms with Crippen molar-refractivity contribution in [2.24, 2.45) is 7.05 Å². The van der Waals surface area contributed by atoms with Crippen molar-refractivity contribution in [2.75, 3.05) is 13.7 Å². The lowest BCUT2D eigenvalue weighted by atomic mass is 10.0. The predicted molar refractivity (Wildman–Crippen MR) is 101 cm³/mol. The van der Waals surface area contributed by atoms with E-state index in [-0.39, 0.29) is 6.09 Å². The highest BCUT2D eigenvalue weighted by atomic mass is 35.5. The van der Waals surface area contributed by atoms with Crippen molar-refractivity contribution in [3.05, 3.63) is 34.5 Å². The van der Waals surface area contributed by atoms with Gasteiger partial charge in [0, 0.05) is 31.1 Å². The summed E-state index contributed by atoms with van der Waals surface area (Å²) in [4.78, 5) is 14.2. The number of methoxy groups -OCH3 is 1. The second kappa shape index (κ2) is 6.83. The molecule has 6 nitrogen and oxygen atoms in total. The second-order valence-electron chi connectivity index (χ2n) is 7.40. The molecule has 1 aliphatic heterocycles. The van der Waals surface area contributed by atoms with Crippen molar-refractivity contribution in [2.45, 2.75) is 39.3 Å². The number of rotatable bonds is 2. The summed E-state index contributed by atoms with van der Waals surface area (Å²) in [5.41, 5.74) is 3.27. The minimum Gasteiger partial charge on any atom is -0.497 e. The molecule has 0 radical (unpaired) electrons. The Morgan fingerprint density at radius 1 is 1.31 bits per heavy atom. The van der Waals surface area contributed by atoms with Crippen molar-refractivity contribution >= 4 is 17.7 Å². The number of benzene rings is 1. The maximum absolute atomic E-state index is 12.5. The molecule has 0 atom stereocenters. The molecule has 2 aromatic rings. The summed E-state index contributed by atoms with van der Waals surface area (Å²) in [5, 5.41) is 5.22. The molecule has 0 spiro atoms. The van der Waals surface area contributed by atoms with Gasteiger partial charge in [-0.05, 0) is 39.0 Å². The Morgan fingerprint density at radius 2 is 2.04 bits per heavy atom. The first kappa shape index (κ1) is 18.6. The molecule has 3 rings (SSSR count). The molecule has 0 aliphatic carbocycles. The van der Waals surface area contributed by atoms with E-state index in [0.717, 1.165) is 22.5 Å². The third kappa shape index (κ3) is 3.65. The molecule has 0 unspecified atom stereocenters. The van der Waals surface area contributed by atoms with Gasteiger partial charge in [-0.15, -0.1) is 0 Å². The summed E-state index contributed by atoms with van der Waals surface area (Å²) >= 11 is 6.47. The molecule has 0 N–H and O–H groups in total. The first-order valence-electron chi connectivity index (χ1n) is 8.56. The number of hydrogen-bond donors (Lipinski definition) is 0. The van der Waals surface area contributed by atoms with Crippen molar-refractivity contribution in [3.8, 4) is 17.0 Å². The van der Waals surface area contributed by atoms with Gasteiger partial charge in [0.1, 0.15) is 11.4 Å². The van der Waals surface area contributed by atoms with Gasteiger partial charge in [0.25, 0.3) is 0 Å². The van der Waals surface area contributed by atoms with Crippen LogP contribution in [-0.4, -0.2) is 40.0 Å². The molecule has 1 aromatic heterocycles. The molecule has 140 valence electrons. The Balaban J connectivity index is 1.95. The van der Waals surface area contributed by atoms with Crippen LogP contribution in [0, 0.1) is 0 Å². The predicted octanol–water partition coefficient (Wildman–Crippen LogP) is 4.04. The summed E-state index contributed by atoms with van der Waals surface area (Å²) in [6, 6.07) is 5.57. The minimum absolute atomic E-state index is 0.307. The van der Waals surface area contributed by atoms with Gasteiger partial charge in [0.05, 0.1) is 30.1 Å². The molecule has 0 saturated heterocycles. The number of aryl methyl sites for hydroxylation is 1. The van der Waals surface area contributed by atoms with Gasteiger partial charge in [0.2, 0.25) is 0 Å². The number of fused-ring (bicyclic) bond motifs is 1. The highest BCUT2D eigenvalue weighted by Crippen LogP contribution is 2.36. The van der Waals surface area contributed by atoms with Crippen molar-refractivity contribution in [3.63, 3.8) is 0 Å². The molecule has 0 bridgehead atoms. The number of carbonyl (C=O) groups excluding carboxylic acids is 1. The summed E-state index contributed by atoms with van der Waals surface area (Å²) in [6.07, 6.45) is 0.384. The standard InChI is InChI=1S/C19H24ClN3O3/c1-19(2,3)26-18(24)23-9-8-16-14(11-23)17(22(4)21-16)13-7-6-12(25-5)10-15(13)20/h6-7,10H,8-9,11H2,1-5H3. The monoisotopic (exact) mass is 377 g/mol. The Hall–Kier alpha value is -2.21. The quantitative estimate of drug-likeness (QED) is 0.792. The van der Waals surface area contributed by atoms with Gasteiger partial charge >= 0.3 is 6.09 Å². The van der Waals surface area contributed by atoms with E-state index in [1.807, 2.05) is 44.6 Å². The lowest BCUT2D eigenvalue weighted by molar-refractivity contribution is 0.0224. The highest BCUT2D eigenvalue weighted by molar-refractivity contribution is 6.33. The average molecular weight is 378 g/mol. The van der Waals surface area contributed by atoms with Crippen LogP contribution in [0.4, 0.5) is 4.79 Å². The fourth-order valence-electron chi connectivity index (χ4n) is 3.14. The first-order chi connectivity index (χ1) is 12.2. The van der Waals surface area contributed by atoms with E-state index >= 15 is 0 Å².